The highest BCUT2D eigenvalue weighted by Gasteiger charge is 2.12. The molecule has 0 fully saturated rings. The average Bonchev–Trinajstić information content (AvgIpc) is 2.97. The molecule has 2 heterocycles. The van der Waals surface area contributed by atoms with Gasteiger partial charge in [0.15, 0.2) is 5.82 Å². The van der Waals surface area contributed by atoms with Crippen LogP contribution in [0.4, 0.5) is 17.3 Å². The van der Waals surface area contributed by atoms with Crippen LogP contribution in [-0.2, 0) is 0 Å². The van der Waals surface area contributed by atoms with Crippen molar-refractivity contribution in [2.45, 2.75) is 13.8 Å². The summed E-state index contributed by atoms with van der Waals surface area (Å²) in [6, 6.07) is 8.97. The molecule has 1 amide bonds. The topological polar surface area (TPSA) is 111 Å². The summed E-state index contributed by atoms with van der Waals surface area (Å²) in [6.07, 6.45) is 1.47. The number of hydrogen-bond acceptors (Lipinski definition) is 6. The van der Waals surface area contributed by atoms with Gasteiger partial charge in [-0.05, 0) is 31.5 Å². The van der Waals surface area contributed by atoms with Gasteiger partial charge in [-0.2, -0.15) is 9.78 Å². The van der Waals surface area contributed by atoms with Crippen LogP contribution in [0.2, 0.25) is 0 Å². The predicted octanol–water partition coefficient (Wildman–Crippen LogP) is 2.16. The van der Waals surface area contributed by atoms with E-state index in [-0.39, 0.29) is 0 Å². The van der Waals surface area contributed by atoms with Gasteiger partial charge in [-0.15, -0.1) is 0 Å². The van der Waals surface area contributed by atoms with Crippen molar-refractivity contribution in [1.82, 2.24) is 19.7 Å². The zero-order chi connectivity index (χ0) is 18.0. The van der Waals surface area contributed by atoms with Crippen LogP contribution in [0.1, 0.15) is 21.6 Å². The third kappa shape index (κ3) is 3.42. The Kier molecular flexibility index (Phi) is 4.34. The molecule has 4 N–H and O–H groups in total. The summed E-state index contributed by atoms with van der Waals surface area (Å²) in [5.41, 5.74) is 8.40. The summed E-state index contributed by atoms with van der Waals surface area (Å²) in [5.74, 6) is 1.57. The number of primary amides is 1. The summed E-state index contributed by atoms with van der Waals surface area (Å²) in [6.45, 7) is 3.85. The van der Waals surface area contributed by atoms with Crippen molar-refractivity contribution in [3.05, 3.63) is 53.5 Å². The molecule has 0 radical (unpaired) electrons. The van der Waals surface area contributed by atoms with E-state index in [0.717, 1.165) is 22.8 Å². The van der Waals surface area contributed by atoms with E-state index in [4.69, 9.17) is 5.73 Å². The first kappa shape index (κ1) is 16.4. The van der Waals surface area contributed by atoms with Gasteiger partial charge in [0.2, 0.25) is 5.91 Å². The Hall–Kier alpha value is -3.42. The second-order valence-electron chi connectivity index (χ2n) is 5.61. The Labute approximate surface area is 145 Å². The van der Waals surface area contributed by atoms with Crippen molar-refractivity contribution in [3.63, 3.8) is 0 Å². The summed E-state index contributed by atoms with van der Waals surface area (Å²) in [5, 5.41) is 10.8. The number of benzene rings is 1. The minimum atomic E-state index is -0.470. The normalized spacial score (nSPS) is 10.5. The van der Waals surface area contributed by atoms with Gasteiger partial charge in [0.1, 0.15) is 18.0 Å². The van der Waals surface area contributed by atoms with Gasteiger partial charge in [0.05, 0.1) is 5.69 Å². The van der Waals surface area contributed by atoms with Crippen molar-refractivity contribution < 1.29 is 4.79 Å². The van der Waals surface area contributed by atoms with E-state index >= 15 is 0 Å². The Morgan fingerprint density at radius 1 is 1.16 bits per heavy atom. The molecule has 0 saturated heterocycles. The predicted molar refractivity (Wildman–Crippen MR) is 96.4 cm³/mol. The molecule has 8 nitrogen and oxygen atoms in total. The molecule has 0 spiro atoms. The maximum absolute atomic E-state index is 11.4. The van der Waals surface area contributed by atoms with Gasteiger partial charge in [0.25, 0.3) is 0 Å². The molecule has 25 heavy (non-hydrogen) atoms. The summed E-state index contributed by atoms with van der Waals surface area (Å²) in [4.78, 5) is 19.8. The lowest BCUT2D eigenvalue weighted by Gasteiger charge is -2.12. The van der Waals surface area contributed by atoms with Gasteiger partial charge >= 0.3 is 0 Å². The summed E-state index contributed by atoms with van der Waals surface area (Å²) >= 11 is 0. The highest BCUT2D eigenvalue weighted by atomic mass is 16.1. The number of hydrogen-bond donors (Lipinski definition) is 3. The zero-order valence-corrected chi connectivity index (χ0v) is 14.2. The third-order valence-electron chi connectivity index (χ3n) is 3.74. The second-order valence-corrected chi connectivity index (χ2v) is 5.61. The van der Waals surface area contributed by atoms with Crippen molar-refractivity contribution in [2.75, 3.05) is 17.7 Å². The lowest BCUT2D eigenvalue weighted by Crippen LogP contribution is -2.12. The fraction of sp³-hybridized carbons (Fsp3) is 0.176. The maximum Gasteiger partial charge on any atom is 0.248 e. The molecule has 2 aromatic heterocycles. The van der Waals surface area contributed by atoms with Gasteiger partial charge in [-0.25, -0.2) is 9.97 Å². The lowest BCUT2D eigenvalue weighted by molar-refractivity contribution is 0.100. The number of nitrogens with zero attached hydrogens (tertiary/aromatic N) is 4. The number of rotatable bonds is 5. The molecule has 1 aromatic carbocycles. The number of aryl methyl sites for hydroxylation is 2. The van der Waals surface area contributed by atoms with E-state index in [1.54, 1.807) is 29.9 Å². The van der Waals surface area contributed by atoms with E-state index in [9.17, 15) is 4.79 Å². The average molecular weight is 337 g/mol. The number of nitrogens with one attached hydrogen (secondary N) is 2. The van der Waals surface area contributed by atoms with E-state index in [2.05, 4.69) is 25.7 Å². The number of amides is 1. The summed E-state index contributed by atoms with van der Waals surface area (Å²) < 4.78 is 1.69. The molecular formula is C17H19N7O. The van der Waals surface area contributed by atoms with Crippen LogP contribution in [0.3, 0.4) is 0 Å². The third-order valence-corrected chi connectivity index (χ3v) is 3.74. The van der Waals surface area contributed by atoms with E-state index in [1.807, 2.05) is 26.0 Å². The zero-order valence-electron chi connectivity index (χ0n) is 14.2. The fourth-order valence-electron chi connectivity index (χ4n) is 2.41. The van der Waals surface area contributed by atoms with E-state index < -0.39 is 5.91 Å². The standard InChI is InChI=1S/C17H19N7O/c1-10-4-5-12(17(18)25)7-13(10)22-16-6-11(2)23-24(16)15-8-14(19-3)20-9-21-15/h4-9,22H,1-3H3,(H2,18,25)(H,19,20,21). The molecule has 3 aromatic rings. The molecule has 0 aliphatic carbocycles. The molecule has 0 unspecified atom stereocenters. The Bertz CT molecular complexity index is 932. The first-order valence-corrected chi connectivity index (χ1v) is 7.72. The first-order chi connectivity index (χ1) is 12.0. The largest absolute Gasteiger partial charge is 0.373 e. The van der Waals surface area contributed by atoms with Crippen LogP contribution >= 0.6 is 0 Å². The van der Waals surface area contributed by atoms with Crippen LogP contribution in [0, 0.1) is 13.8 Å². The minimum Gasteiger partial charge on any atom is -0.373 e. The number of carbonyl (C=O) groups is 1. The highest BCUT2D eigenvalue weighted by molar-refractivity contribution is 5.94. The van der Waals surface area contributed by atoms with Crippen molar-refractivity contribution in [2.24, 2.45) is 5.73 Å². The van der Waals surface area contributed by atoms with Gasteiger partial charge in [-0.3, -0.25) is 4.79 Å². The van der Waals surface area contributed by atoms with Crippen molar-refractivity contribution in [1.29, 1.82) is 0 Å². The minimum absolute atomic E-state index is 0.440. The van der Waals surface area contributed by atoms with E-state index in [1.165, 1.54) is 6.33 Å². The van der Waals surface area contributed by atoms with Crippen LogP contribution in [0.15, 0.2) is 36.7 Å². The molecular weight excluding hydrogens is 318 g/mol. The van der Waals surface area contributed by atoms with Gasteiger partial charge in [-0.1, -0.05) is 6.07 Å². The van der Waals surface area contributed by atoms with Crippen molar-refractivity contribution in [3.8, 4) is 5.82 Å². The second kappa shape index (κ2) is 6.60. The fourth-order valence-corrected chi connectivity index (χ4v) is 2.41. The molecule has 8 heteroatoms. The quantitative estimate of drug-likeness (QED) is 0.658. The maximum atomic E-state index is 11.4. The SMILES string of the molecule is CNc1cc(-n2nc(C)cc2Nc2cc(C(N)=O)ccc2C)ncn1. The number of nitrogens with two attached hydrogens (primary N) is 1. The molecule has 0 saturated carbocycles. The number of aromatic nitrogens is 4. The Morgan fingerprint density at radius 3 is 2.68 bits per heavy atom. The molecule has 128 valence electrons. The van der Waals surface area contributed by atoms with Crippen LogP contribution < -0.4 is 16.4 Å². The van der Waals surface area contributed by atoms with Gasteiger partial charge < -0.3 is 16.4 Å². The molecule has 0 aliphatic heterocycles. The first-order valence-electron chi connectivity index (χ1n) is 7.72. The Morgan fingerprint density at radius 2 is 1.96 bits per heavy atom. The van der Waals surface area contributed by atoms with E-state index in [0.29, 0.717) is 17.2 Å². The number of anilines is 3. The molecule has 0 aliphatic rings. The van der Waals surface area contributed by atoms with Crippen LogP contribution in [0.5, 0.6) is 0 Å². The molecule has 3 rings (SSSR count). The molecule has 0 bridgehead atoms. The summed E-state index contributed by atoms with van der Waals surface area (Å²) in [7, 11) is 1.79. The smallest absolute Gasteiger partial charge is 0.248 e. The highest BCUT2D eigenvalue weighted by Crippen LogP contribution is 2.24. The van der Waals surface area contributed by atoms with Crippen LogP contribution in [-0.4, -0.2) is 32.7 Å². The Balaban J connectivity index is 2.02. The monoisotopic (exact) mass is 337 g/mol. The van der Waals surface area contributed by atoms with Gasteiger partial charge in [0, 0.05) is 30.4 Å². The lowest BCUT2D eigenvalue weighted by atomic mass is 10.1. The molecule has 0 atom stereocenters. The van der Waals surface area contributed by atoms with Crippen molar-refractivity contribution >= 4 is 23.2 Å². The number of carbonyl (C=O) groups excluding carboxylic acids is 1. The van der Waals surface area contributed by atoms with Crippen LogP contribution in [0.25, 0.3) is 5.82 Å².